The Morgan fingerprint density at radius 3 is 2.26 bits per heavy atom. The lowest BCUT2D eigenvalue weighted by atomic mass is 9.91. The van der Waals surface area contributed by atoms with Crippen molar-refractivity contribution in [2.75, 3.05) is 12.0 Å². The van der Waals surface area contributed by atoms with E-state index in [2.05, 4.69) is 6.07 Å². The van der Waals surface area contributed by atoms with E-state index >= 15 is 0 Å². The number of aliphatic hydroxyl groups is 1. The van der Waals surface area contributed by atoms with Crippen molar-refractivity contribution in [3.63, 3.8) is 0 Å². The molecule has 1 unspecified atom stereocenters. The number of carbonyl (C=O) groups is 2. The Morgan fingerprint density at radius 2 is 1.65 bits per heavy atom. The molecule has 4 rings (SSSR count). The summed E-state index contributed by atoms with van der Waals surface area (Å²) in [4.78, 5) is 28.0. The molecule has 1 fully saturated rings. The molecule has 0 radical (unpaired) electrons. The number of rotatable bonds is 4. The first-order chi connectivity index (χ1) is 16.3. The minimum atomic E-state index is -0.823. The van der Waals surface area contributed by atoms with Crippen molar-refractivity contribution >= 4 is 23.1 Å². The van der Waals surface area contributed by atoms with Crippen LogP contribution in [0.15, 0.2) is 66.2 Å². The van der Waals surface area contributed by atoms with Crippen LogP contribution in [0.1, 0.15) is 39.4 Å². The molecule has 1 saturated heterocycles. The molecular formula is C28H24N2O4. The molecule has 0 bridgehead atoms. The Kier molecular flexibility index (Phi) is 5.95. The van der Waals surface area contributed by atoms with Gasteiger partial charge >= 0.3 is 0 Å². The third kappa shape index (κ3) is 3.71. The minimum absolute atomic E-state index is 0.0244. The van der Waals surface area contributed by atoms with Crippen LogP contribution in [0, 0.1) is 32.1 Å². The fourth-order valence-electron chi connectivity index (χ4n) is 4.39. The number of nitrogens with zero attached hydrogens (tertiary/aromatic N) is 2. The number of nitriles is 1. The molecule has 1 aliphatic heterocycles. The summed E-state index contributed by atoms with van der Waals surface area (Å²) < 4.78 is 5.37. The Morgan fingerprint density at radius 1 is 0.971 bits per heavy atom. The molecule has 1 atom stereocenters. The summed E-state index contributed by atoms with van der Waals surface area (Å²) in [6.07, 6.45) is 0. The summed E-state index contributed by atoms with van der Waals surface area (Å²) in [6, 6.07) is 18.7. The van der Waals surface area contributed by atoms with Gasteiger partial charge in [-0.3, -0.25) is 14.5 Å². The zero-order chi connectivity index (χ0) is 24.6. The summed E-state index contributed by atoms with van der Waals surface area (Å²) in [6.45, 7) is 5.57. The van der Waals surface area contributed by atoms with E-state index in [4.69, 9.17) is 10.00 Å². The second kappa shape index (κ2) is 8.87. The maximum atomic E-state index is 13.4. The smallest absolute Gasteiger partial charge is 0.300 e. The van der Waals surface area contributed by atoms with E-state index in [0.29, 0.717) is 28.1 Å². The number of methoxy groups -OCH3 is 1. The van der Waals surface area contributed by atoms with Gasteiger partial charge in [-0.25, -0.2) is 0 Å². The Bertz CT molecular complexity index is 1380. The van der Waals surface area contributed by atoms with E-state index in [1.807, 2.05) is 45.0 Å². The number of ether oxygens (including phenoxy) is 1. The lowest BCUT2D eigenvalue weighted by Gasteiger charge is -2.27. The third-order valence-corrected chi connectivity index (χ3v) is 6.20. The van der Waals surface area contributed by atoms with Gasteiger partial charge in [-0.2, -0.15) is 5.26 Å². The quantitative estimate of drug-likeness (QED) is 0.337. The average molecular weight is 453 g/mol. The highest BCUT2D eigenvalue weighted by Gasteiger charge is 2.47. The van der Waals surface area contributed by atoms with Gasteiger partial charge in [0.15, 0.2) is 0 Å². The summed E-state index contributed by atoms with van der Waals surface area (Å²) in [5, 5.41) is 20.6. The lowest BCUT2D eigenvalue weighted by Crippen LogP contribution is -2.29. The zero-order valence-electron chi connectivity index (χ0n) is 19.4. The van der Waals surface area contributed by atoms with Crippen molar-refractivity contribution in [1.82, 2.24) is 0 Å². The topological polar surface area (TPSA) is 90.6 Å². The Balaban J connectivity index is 1.98. The van der Waals surface area contributed by atoms with Gasteiger partial charge in [0, 0.05) is 11.3 Å². The van der Waals surface area contributed by atoms with Gasteiger partial charge in [-0.15, -0.1) is 0 Å². The molecule has 1 aliphatic rings. The fraction of sp³-hybridized carbons (Fsp3) is 0.179. The van der Waals surface area contributed by atoms with E-state index in [-0.39, 0.29) is 11.3 Å². The molecular weight excluding hydrogens is 428 g/mol. The van der Waals surface area contributed by atoms with Crippen molar-refractivity contribution in [3.05, 3.63) is 99.6 Å². The molecule has 1 amide bonds. The van der Waals surface area contributed by atoms with E-state index in [1.165, 1.54) is 4.90 Å². The Hall–Kier alpha value is -4.37. The standard InChI is InChI=1S/C28H24N2O4/c1-16-7-5-6-8-21(16)25-24(26(31)22-13-18(3)23(34-4)14-17(22)2)27(32)28(33)30(25)20-11-9-19(15-29)10-12-20/h5-14,25,31H,1-4H3/b26-24+. The highest BCUT2D eigenvalue weighted by atomic mass is 16.5. The van der Waals surface area contributed by atoms with E-state index < -0.39 is 17.7 Å². The van der Waals surface area contributed by atoms with Gasteiger partial charge in [0.25, 0.3) is 11.7 Å². The summed E-state index contributed by atoms with van der Waals surface area (Å²) in [5.41, 5.74) is 4.52. The lowest BCUT2D eigenvalue weighted by molar-refractivity contribution is -0.132. The number of aryl methyl sites for hydroxylation is 3. The van der Waals surface area contributed by atoms with Crippen LogP contribution >= 0.6 is 0 Å². The van der Waals surface area contributed by atoms with E-state index in [1.54, 1.807) is 43.5 Å². The summed E-state index contributed by atoms with van der Waals surface area (Å²) >= 11 is 0. The maximum absolute atomic E-state index is 13.4. The van der Waals surface area contributed by atoms with Crippen molar-refractivity contribution in [2.24, 2.45) is 0 Å². The molecule has 6 nitrogen and oxygen atoms in total. The molecule has 0 aromatic heterocycles. The molecule has 1 N–H and O–H groups in total. The van der Waals surface area contributed by atoms with E-state index in [9.17, 15) is 14.7 Å². The number of carbonyl (C=O) groups excluding carboxylic acids is 2. The first-order valence-corrected chi connectivity index (χ1v) is 10.8. The van der Waals surface area contributed by atoms with Crippen LogP contribution in [-0.2, 0) is 9.59 Å². The van der Waals surface area contributed by atoms with Crippen molar-refractivity contribution in [1.29, 1.82) is 5.26 Å². The van der Waals surface area contributed by atoms with Crippen LogP contribution in [-0.4, -0.2) is 23.9 Å². The normalized spacial score (nSPS) is 17.0. The molecule has 0 spiro atoms. The van der Waals surface area contributed by atoms with Gasteiger partial charge in [0.05, 0.1) is 30.4 Å². The average Bonchev–Trinajstić information content (AvgIpc) is 3.10. The van der Waals surface area contributed by atoms with Crippen molar-refractivity contribution in [2.45, 2.75) is 26.8 Å². The molecule has 1 heterocycles. The van der Waals surface area contributed by atoms with Gasteiger partial charge in [0.2, 0.25) is 0 Å². The van der Waals surface area contributed by atoms with Crippen molar-refractivity contribution in [3.8, 4) is 11.8 Å². The minimum Gasteiger partial charge on any atom is -0.507 e. The first kappa shape index (κ1) is 22.8. The molecule has 3 aromatic carbocycles. The number of hydrogen-bond acceptors (Lipinski definition) is 5. The number of aliphatic hydroxyl groups excluding tert-OH is 1. The first-order valence-electron chi connectivity index (χ1n) is 10.8. The molecule has 0 aliphatic carbocycles. The van der Waals surface area contributed by atoms with Gasteiger partial charge in [-0.1, -0.05) is 24.3 Å². The second-order valence-corrected chi connectivity index (χ2v) is 8.32. The zero-order valence-corrected chi connectivity index (χ0v) is 19.4. The van der Waals surface area contributed by atoms with Crippen LogP contribution in [0.3, 0.4) is 0 Å². The van der Waals surface area contributed by atoms with Gasteiger partial charge < -0.3 is 9.84 Å². The number of hydrogen-bond donors (Lipinski definition) is 1. The van der Waals surface area contributed by atoms with Crippen LogP contribution in [0.4, 0.5) is 5.69 Å². The van der Waals surface area contributed by atoms with Gasteiger partial charge in [0.1, 0.15) is 11.5 Å². The second-order valence-electron chi connectivity index (χ2n) is 8.32. The molecule has 34 heavy (non-hydrogen) atoms. The molecule has 0 saturated carbocycles. The van der Waals surface area contributed by atoms with Crippen LogP contribution in [0.25, 0.3) is 5.76 Å². The maximum Gasteiger partial charge on any atom is 0.300 e. The monoisotopic (exact) mass is 452 g/mol. The summed E-state index contributed by atoms with van der Waals surface area (Å²) in [5.74, 6) is -1.06. The third-order valence-electron chi connectivity index (χ3n) is 6.20. The predicted molar refractivity (Wildman–Crippen MR) is 130 cm³/mol. The molecule has 3 aromatic rings. The largest absolute Gasteiger partial charge is 0.507 e. The van der Waals surface area contributed by atoms with Gasteiger partial charge in [-0.05, 0) is 79.4 Å². The number of benzene rings is 3. The number of amides is 1. The summed E-state index contributed by atoms with van der Waals surface area (Å²) in [7, 11) is 1.57. The van der Waals surface area contributed by atoms with Crippen molar-refractivity contribution < 1.29 is 19.4 Å². The van der Waals surface area contributed by atoms with Crippen LogP contribution in [0.2, 0.25) is 0 Å². The molecule has 170 valence electrons. The van der Waals surface area contributed by atoms with Crippen LogP contribution < -0.4 is 9.64 Å². The molecule has 6 heteroatoms. The Labute approximate surface area is 198 Å². The highest BCUT2D eigenvalue weighted by molar-refractivity contribution is 6.51. The fourth-order valence-corrected chi connectivity index (χ4v) is 4.39. The number of ketones is 1. The predicted octanol–water partition coefficient (Wildman–Crippen LogP) is 5.12. The number of Topliss-reactive ketones (excluding diaryl/α,β-unsaturated/α-hetero) is 1. The number of anilines is 1. The van der Waals surface area contributed by atoms with E-state index in [0.717, 1.165) is 16.7 Å². The SMILES string of the molecule is COc1cc(C)c(/C(O)=C2\C(=O)C(=O)N(c3ccc(C#N)cc3)C2c2ccccc2C)cc1C. The van der Waals surface area contributed by atoms with Crippen LogP contribution in [0.5, 0.6) is 5.75 Å². The highest BCUT2D eigenvalue weighted by Crippen LogP contribution is 2.43.